The van der Waals surface area contributed by atoms with E-state index in [9.17, 15) is 14.7 Å². The normalized spacial score (nSPS) is 22.5. The van der Waals surface area contributed by atoms with Gasteiger partial charge in [-0.2, -0.15) is 0 Å². The standard InChI is InChI=1S/C15H22N2O3/c1-11-4-3-7-17(15(11)20)10-14(19)16-9-12-5-2-6-13(18)8-12/h3-4,7,12-13,18H,2,5-6,8-10H2,1H3,(H,16,19). The first-order valence-corrected chi connectivity index (χ1v) is 7.17. The Balaban J connectivity index is 1.83. The quantitative estimate of drug-likeness (QED) is 0.856. The molecule has 20 heavy (non-hydrogen) atoms. The van der Waals surface area contributed by atoms with Crippen LogP contribution in [0.25, 0.3) is 0 Å². The molecule has 5 heteroatoms. The smallest absolute Gasteiger partial charge is 0.253 e. The van der Waals surface area contributed by atoms with Crippen molar-refractivity contribution in [1.29, 1.82) is 0 Å². The number of aliphatic hydroxyl groups excluding tert-OH is 1. The largest absolute Gasteiger partial charge is 0.393 e. The molecule has 2 N–H and O–H groups in total. The Morgan fingerprint density at radius 3 is 3.05 bits per heavy atom. The van der Waals surface area contributed by atoms with E-state index in [1.807, 2.05) is 0 Å². The molecule has 1 aromatic rings. The molecule has 0 aliphatic heterocycles. The molecule has 2 unspecified atom stereocenters. The summed E-state index contributed by atoms with van der Waals surface area (Å²) in [5.74, 6) is 0.190. The van der Waals surface area contributed by atoms with Crippen molar-refractivity contribution in [2.75, 3.05) is 6.54 Å². The Hall–Kier alpha value is -1.62. The minimum Gasteiger partial charge on any atom is -0.393 e. The molecule has 110 valence electrons. The number of carbonyl (C=O) groups is 1. The average molecular weight is 278 g/mol. The second-order valence-corrected chi connectivity index (χ2v) is 5.61. The van der Waals surface area contributed by atoms with Crippen LogP contribution in [0.3, 0.4) is 0 Å². The van der Waals surface area contributed by atoms with E-state index in [0.29, 0.717) is 18.0 Å². The number of pyridine rings is 1. The first-order chi connectivity index (χ1) is 9.56. The molecular formula is C15H22N2O3. The third-order valence-corrected chi connectivity index (χ3v) is 3.87. The zero-order valence-electron chi connectivity index (χ0n) is 11.8. The topological polar surface area (TPSA) is 71.3 Å². The third-order valence-electron chi connectivity index (χ3n) is 3.87. The highest BCUT2D eigenvalue weighted by molar-refractivity contribution is 5.75. The highest BCUT2D eigenvalue weighted by Crippen LogP contribution is 2.23. The summed E-state index contributed by atoms with van der Waals surface area (Å²) in [6, 6.07) is 3.50. The van der Waals surface area contributed by atoms with Crippen LogP contribution in [0.15, 0.2) is 23.1 Å². The maximum absolute atomic E-state index is 11.9. The maximum atomic E-state index is 11.9. The van der Waals surface area contributed by atoms with Crippen LogP contribution in [0.2, 0.25) is 0 Å². The van der Waals surface area contributed by atoms with Crippen LogP contribution < -0.4 is 10.9 Å². The Morgan fingerprint density at radius 2 is 2.30 bits per heavy atom. The number of aryl methyl sites for hydroxylation is 1. The molecular weight excluding hydrogens is 256 g/mol. The SMILES string of the molecule is Cc1cccn(CC(=O)NCC2CCCC(O)C2)c1=O. The Kier molecular flexibility index (Phi) is 4.95. The molecule has 0 radical (unpaired) electrons. The summed E-state index contributed by atoms with van der Waals surface area (Å²) in [4.78, 5) is 23.7. The van der Waals surface area contributed by atoms with Crippen molar-refractivity contribution in [2.24, 2.45) is 5.92 Å². The van der Waals surface area contributed by atoms with Gasteiger partial charge >= 0.3 is 0 Å². The molecule has 1 fully saturated rings. The summed E-state index contributed by atoms with van der Waals surface area (Å²) in [5, 5.41) is 12.4. The minimum atomic E-state index is -0.231. The fraction of sp³-hybridized carbons (Fsp3) is 0.600. The van der Waals surface area contributed by atoms with Crippen molar-refractivity contribution < 1.29 is 9.90 Å². The van der Waals surface area contributed by atoms with Gasteiger partial charge in [-0.05, 0) is 38.2 Å². The minimum absolute atomic E-state index is 0.0514. The molecule has 0 bridgehead atoms. The van der Waals surface area contributed by atoms with E-state index in [0.717, 1.165) is 25.7 Å². The van der Waals surface area contributed by atoms with Crippen LogP contribution in [0, 0.1) is 12.8 Å². The van der Waals surface area contributed by atoms with E-state index < -0.39 is 0 Å². The number of carbonyl (C=O) groups excluding carboxylic acids is 1. The van der Waals surface area contributed by atoms with Crippen molar-refractivity contribution in [2.45, 2.75) is 45.3 Å². The van der Waals surface area contributed by atoms with Crippen LogP contribution in [-0.4, -0.2) is 28.2 Å². The number of nitrogens with one attached hydrogen (secondary N) is 1. The van der Waals surface area contributed by atoms with Crippen molar-refractivity contribution in [3.8, 4) is 0 Å². The van der Waals surface area contributed by atoms with E-state index in [2.05, 4.69) is 5.32 Å². The second kappa shape index (κ2) is 6.70. The molecule has 0 saturated heterocycles. The van der Waals surface area contributed by atoms with Gasteiger partial charge in [-0.15, -0.1) is 0 Å². The fourth-order valence-electron chi connectivity index (χ4n) is 2.70. The van der Waals surface area contributed by atoms with Crippen molar-refractivity contribution in [3.63, 3.8) is 0 Å². The average Bonchev–Trinajstić information content (AvgIpc) is 2.42. The van der Waals surface area contributed by atoms with Crippen LogP contribution >= 0.6 is 0 Å². The van der Waals surface area contributed by atoms with E-state index in [1.165, 1.54) is 4.57 Å². The monoisotopic (exact) mass is 278 g/mol. The predicted molar refractivity (Wildman–Crippen MR) is 76.4 cm³/mol. The molecule has 1 aliphatic rings. The van der Waals surface area contributed by atoms with Crippen LogP contribution in [0.4, 0.5) is 0 Å². The van der Waals surface area contributed by atoms with E-state index in [1.54, 1.807) is 25.3 Å². The lowest BCUT2D eigenvalue weighted by atomic mass is 9.87. The molecule has 2 atom stereocenters. The molecule has 1 amide bonds. The molecule has 0 spiro atoms. The molecule has 1 aromatic heterocycles. The Bertz CT molecular complexity index is 524. The summed E-state index contributed by atoms with van der Waals surface area (Å²) < 4.78 is 1.42. The van der Waals surface area contributed by atoms with Crippen molar-refractivity contribution >= 4 is 5.91 Å². The highest BCUT2D eigenvalue weighted by Gasteiger charge is 2.20. The van der Waals surface area contributed by atoms with Gasteiger partial charge in [0.2, 0.25) is 5.91 Å². The van der Waals surface area contributed by atoms with Crippen LogP contribution in [0.1, 0.15) is 31.2 Å². The van der Waals surface area contributed by atoms with Crippen molar-refractivity contribution in [3.05, 3.63) is 34.2 Å². The summed E-state index contributed by atoms with van der Waals surface area (Å²) in [6.45, 7) is 2.37. The number of nitrogens with zero attached hydrogens (tertiary/aromatic N) is 1. The van der Waals surface area contributed by atoms with Gasteiger partial charge in [0.25, 0.3) is 5.56 Å². The number of amides is 1. The highest BCUT2D eigenvalue weighted by atomic mass is 16.3. The van der Waals surface area contributed by atoms with Crippen molar-refractivity contribution in [1.82, 2.24) is 9.88 Å². The maximum Gasteiger partial charge on any atom is 0.253 e. The fourth-order valence-corrected chi connectivity index (χ4v) is 2.70. The molecule has 0 aromatic carbocycles. The van der Waals surface area contributed by atoms with E-state index in [-0.39, 0.29) is 24.1 Å². The molecule has 5 nitrogen and oxygen atoms in total. The summed E-state index contributed by atoms with van der Waals surface area (Å²) in [6.07, 6.45) is 5.07. The molecule has 1 saturated carbocycles. The summed E-state index contributed by atoms with van der Waals surface area (Å²) >= 11 is 0. The number of aliphatic hydroxyl groups is 1. The number of hydrogen-bond acceptors (Lipinski definition) is 3. The lowest BCUT2D eigenvalue weighted by Gasteiger charge is -2.25. The van der Waals surface area contributed by atoms with Gasteiger partial charge in [0.05, 0.1) is 6.10 Å². The number of hydrogen-bond donors (Lipinski definition) is 2. The zero-order valence-corrected chi connectivity index (χ0v) is 11.8. The van der Waals surface area contributed by atoms with Gasteiger partial charge in [0, 0.05) is 18.3 Å². The molecule has 1 heterocycles. The molecule has 1 aliphatic carbocycles. The van der Waals surface area contributed by atoms with Gasteiger partial charge in [-0.1, -0.05) is 12.5 Å². The van der Waals surface area contributed by atoms with Crippen LogP contribution in [0.5, 0.6) is 0 Å². The Labute approximate surface area is 118 Å². The lowest BCUT2D eigenvalue weighted by molar-refractivity contribution is -0.122. The van der Waals surface area contributed by atoms with Crippen LogP contribution in [-0.2, 0) is 11.3 Å². The van der Waals surface area contributed by atoms with Gasteiger partial charge in [0.15, 0.2) is 0 Å². The number of rotatable bonds is 4. The van der Waals surface area contributed by atoms with Gasteiger partial charge in [-0.25, -0.2) is 0 Å². The third kappa shape index (κ3) is 3.93. The summed E-state index contributed by atoms with van der Waals surface area (Å²) in [7, 11) is 0. The summed E-state index contributed by atoms with van der Waals surface area (Å²) in [5.41, 5.74) is 0.506. The first-order valence-electron chi connectivity index (χ1n) is 7.17. The first kappa shape index (κ1) is 14.8. The predicted octanol–water partition coefficient (Wildman–Crippen LogP) is 0.824. The second-order valence-electron chi connectivity index (χ2n) is 5.61. The zero-order chi connectivity index (χ0) is 14.5. The Morgan fingerprint density at radius 1 is 1.50 bits per heavy atom. The van der Waals surface area contributed by atoms with Gasteiger partial charge < -0.3 is 15.0 Å². The number of aromatic nitrogens is 1. The molecule has 2 rings (SSSR count). The van der Waals surface area contributed by atoms with Gasteiger partial charge in [-0.3, -0.25) is 9.59 Å². The van der Waals surface area contributed by atoms with E-state index in [4.69, 9.17) is 0 Å². The van der Waals surface area contributed by atoms with E-state index >= 15 is 0 Å². The van der Waals surface area contributed by atoms with Gasteiger partial charge in [0.1, 0.15) is 6.54 Å². The lowest BCUT2D eigenvalue weighted by Crippen LogP contribution is -2.36.